The topological polar surface area (TPSA) is 68.7 Å². The third-order valence-electron chi connectivity index (χ3n) is 3.96. The van der Waals surface area contributed by atoms with Gasteiger partial charge in [-0.2, -0.15) is 4.98 Å². The fourth-order valence-electron chi connectivity index (χ4n) is 3.00. The van der Waals surface area contributed by atoms with Crippen molar-refractivity contribution in [2.75, 3.05) is 20.1 Å². The lowest BCUT2D eigenvalue weighted by molar-refractivity contribution is -0.0838. The van der Waals surface area contributed by atoms with E-state index in [9.17, 15) is 0 Å². The van der Waals surface area contributed by atoms with Crippen LogP contribution in [0.4, 0.5) is 0 Å². The number of likely N-dealkylation sites (N-methyl/N-ethyl adjacent to an activating group) is 1. The summed E-state index contributed by atoms with van der Waals surface area (Å²) in [5.41, 5.74) is 1.83. The molecule has 0 unspecified atom stereocenters. The van der Waals surface area contributed by atoms with Crippen molar-refractivity contribution in [3.63, 3.8) is 0 Å². The second-order valence-corrected chi connectivity index (χ2v) is 6.08. The molecule has 1 saturated heterocycles. The smallest absolute Gasteiger partial charge is 0.257 e. The second-order valence-electron chi connectivity index (χ2n) is 6.08. The largest absolute Gasteiger partial charge is 0.363 e. The summed E-state index contributed by atoms with van der Waals surface area (Å²) in [7, 11) is 2.07. The molecule has 0 aliphatic carbocycles. The number of ether oxygens (including phenoxy) is 1. The Labute approximate surface area is 133 Å². The zero-order valence-electron chi connectivity index (χ0n) is 13.2. The van der Waals surface area contributed by atoms with Crippen LogP contribution in [0.5, 0.6) is 0 Å². The van der Waals surface area contributed by atoms with Crippen LogP contribution in [0.25, 0.3) is 5.65 Å². The molecule has 4 heterocycles. The third-order valence-corrected chi connectivity index (χ3v) is 3.96. The van der Waals surface area contributed by atoms with Crippen LogP contribution in [0.1, 0.15) is 30.4 Å². The Balaban J connectivity index is 1.51. The number of hydrogen-bond donors (Lipinski definition) is 0. The van der Waals surface area contributed by atoms with E-state index in [1.807, 2.05) is 35.0 Å². The van der Waals surface area contributed by atoms with Crippen molar-refractivity contribution >= 4 is 5.65 Å². The van der Waals surface area contributed by atoms with Gasteiger partial charge in [0.25, 0.3) is 5.89 Å². The SMILES string of the molecule is C[C@@H]1CN(C)C[C@H](c2nc(Cc3cn4ccccc4n3)no2)O1. The van der Waals surface area contributed by atoms with E-state index in [1.165, 1.54) is 0 Å². The molecule has 0 N–H and O–H groups in total. The van der Waals surface area contributed by atoms with Crippen LogP contribution in [-0.4, -0.2) is 50.7 Å². The van der Waals surface area contributed by atoms with Crippen LogP contribution in [-0.2, 0) is 11.2 Å². The molecular formula is C16H19N5O2. The molecule has 0 amide bonds. The summed E-state index contributed by atoms with van der Waals surface area (Å²) in [5, 5.41) is 4.07. The van der Waals surface area contributed by atoms with Gasteiger partial charge < -0.3 is 18.6 Å². The lowest BCUT2D eigenvalue weighted by Crippen LogP contribution is -2.40. The maximum atomic E-state index is 5.90. The molecule has 0 bridgehead atoms. The highest BCUT2D eigenvalue weighted by Gasteiger charge is 2.28. The molecule has 0 radical (unpaired) electrons. The molecule has 120 valence electrons. The van der Waals surface area contributed by atoms with Gasteiger partial charge in [0, 0.05) is 25.5 Å². The van der Waals surface area contributed by atoms with Crippen LogP contribution in [0, 0.1) is 0 Å². The number of hydrogen-bond acceptors (Lipinski definition) is 6. The van der Waals surface area contributed by atoms with Gasteiger partial charge >= 0.3 is 0 Å². The number of imidazole rings is 1. The zero-order chi connectivity index (χ0) is 15.8. The Morgan fingerprint density at radius 3 is 3.00 bits per heavy atom. The fourth-order valence-corrected chi connectivity index (χ4v) is 3.00. The molecule has 0 spiro atoms. The Hall–Kier alpha value is -2.25. The van der Waals surface area contributed by atoms with E-state index in [0.717, 1.165) is 24.4 Å². The number of rotatable bonds is 3. The molecule has 4 rings (SSSR count). The Bertz CT molecular complexity index is 769. The average Bonchev–Trinajstić information content (AvgIpc) is 3.12. The predicted octanol–water partition coefficient (Wildman–Crippen LogP) is 1.70. The molecule has 23 heavy (non-hydrogen) atoms. The van der Waals surface area contributed by atoms with E-state index in [4.69, 9.17) is 9.26 Å². The molecule has 7 heteroatoms. The van der Waals surface area contributed by atoms with Gasteiger partial charge in [-0.3, -0.25) is 0 Å². The molecule has 1 aliphatic rings. The summed E-state index contributed by atoms with van der Waals surface area (Å²) in [5.74, 6) is 1.18. The van der Waals surface area contributed by atoms with Crippen LogP contribution >= 0.6 is 0 Å². The highest BCUT2D eigenvalue weighted by molar-refractivity contribution is 5.39. The van der Waals surface area contributed by atoms with Gasteiger partial charge in [-0.1, -0.05) is 11.2 Å². The van der Waals surface area contributed by atoms with Crippen molar-refractivity contribution in [3.05, 3.63) is 48.0 Å². The minimum absolute atomic E-state index is 0.160. The number of morpholine rings is 1. The maximum absolute atomic E-state index is 5.90. The summed E-state index contributed by atoms with van der Waals surface area (Å²) < 4.78 is 13.3. The molecule has 0 saturated carbocycles. The van der Waals surface area contributed by atoms with Crippen LogP contribution < -0.4 is 0 Å². The van der Waals surface area contributed by atoms with Crippen molar-refractivity contribution in [1.29, 1.82) is 0 Å². The number of fused-ring (bicyclic) bond motifs is 1. The van der Waals surface area contributed by atoms with E-state index in [2.05, 4.69) is 34.0 Å². The maximum Gasteiger partial charge on any atom is 0.257 e. The van der Waals surface area contributed by atoms with E-state index < -0.39 is 0 Å². The van der Waals surface area contributed by atoms with Crippen LogP contribution in [0.15, 0.2) is 35.1 Å². The molecule has 3 aromatic heterocycles. The second kappa shape index (κ2) is 5.75. The quantitative estimate of drug-likeness (QED) is 0.733. The number of nitrogens with zero attached hydrogens (tertiary/aromatic N) is 5. The van der Waals surface area contributed by atoms with Crippen molar-refractivity contribution in [3.8, 4) is 0 Å². The van der Waals surface area contributed by atoms with Crippen LogP contribution in [0.3, 0.4) is 0 Å². The Kier molecular flexibility index (Phi) is 3.59. The zero-order valence-corrected chi connectivity index (χ0v) is 13.2. The Morgan fingerprint density at radius 2 is 2.17 bits per heavy atom. The minimum Gasteiger partial charge on any atom is -0.363 e. The first-order valence-corrected chi connectivity index (χ1v) is 7.76. The van der Waals surface area contributed by atoms with Gasteiger partial charge in [0.1, 0.15) is 11.8 Å². The van der Waals surface area contributed by atoms with E-state index >= 15 is 0 Å². The first kappa shape index (κ1) is 14.3. The van der Waals surface area contributed by atoms with Gasteiger partial charge in [0.2, 0.25) is 0 Å². The average molecular weight is 313 g/mol. The van der Waals surface area contributed by atoms with Gasteiger partial charge in [-0.25, -0.2) is 4.98 Å². The van der Waals surface area contributed by atoms with Crippen molar-refractivity contribution in [2.24, 2.45) is 0 Å². The fraction of sp³-hybridized carbons (Fsp3) is 0.438. The summed E-state index contributed by atoms with van der Waals surface area (Å²) in [6.45, 7) is 3.73. The normalized spacial score (nSPS) is 22.7. The summed E-state index contributed by atoms with van der Waals surface area (Å²) in [4.78, 5) is 11.3. The molecule has 3 aromatic rings. The predicted molar refractivity (Wildman–Crippen MR) is 83.1 cm³/mol. The van der Waals surface area contributed by atoms with Crippen molar-refractivity contribution in [1.82, 2.24) is 24.4 Å². The molecule has 7 nitrogen and oxygen atoms in total. The van der Waals surface area contributed by atoms with E-state index in [1.54, 1.807) is 0 Å². The van der Waals surface area contributed by atoms with E-state index in [0.29, 0.717) is 18.1 Å². The molecule has 0 aromatic carbocycles. The van der Waals surface area contributed by atoms with Crippen molar-refractivity contribution in [2.45, 2.75) is 25.6 Å². The standard InChI is InChI=1S/C16H19N5O2/c1-11-8-20(2)10-13(22-11)16-18-14(19-23-16)7-12-9-21-6-4-3-5-15(21)17-12/h3-6,9,11,13H,7-8,10H2,1-2H3/t11-,13-/m1/s1. The molecular weight excluding hydrogens is 294 g/mol. The lowest BCUT2D eigenvalue weighted by Gasteiger charge is -2.32. The summed E-state index contributed by atoms with van der Waals surface area (Å²) in [6, 6.07) is 5.91. The third kappa shape index (κ3) is 2.97. The number of aromatic nitrogens is 4. The molecule has 1 aliphatic heterocycles. The highest BCUT2D eigenvalue weighted by Crippen LogP contribution is 2.23. The Morgan fingerprint density at radius 1 is 1.26 bits per heavy atom. The summed E-state index contributed by atoms with van der Waals surface area (Å²) in [6.07, 6.45) is 4.50. The number of pyridine rings is 1. The first-order chi connectivity index (χ1) is 11.2. The van der Waals surface area contributed by atoms with Gasteiger partial charge in [-0.05, 0) is 26.1 Å². The van der Waals surface area contributed by atoms with Gasteiger partial charge in [0.05, 0.1) is 18.2 Å². The highest BCUT2D eigenvalue weighted by atomic mass is 16.5. The monoisotopic (exact) mass is 313 g/mol. The lowest BCUT2D eigenvalue weighted by atomic mass is 10.2. The minimum atomic E-state index is -0.161. The summed E-state index contributed by atoms with van der Waals surface area (Å²) >= 11 is 0. The van der Waals surface area contributed by atoms with Crippen LogP contribution in [0.2, 0.25) is 0 Å². The van der Waals surface area contributed by atoms with E-state index in [-0.39, 0.29) is 12.2 Å². The molecule has 2 atom stereocenters. The first-order valence-electron chi connectivity index (χ1n) is 7.76. The van der Waals surface area contributed by atoms with Gasteiger partial charge in [0.15, 0.2) is 5.82 Å². The molecule has 1 fully saturated rings. The van der Waals surface area contributed by atoms with Crippen molar-refractivity contribution < 1.29 is 9.26 Å². The van der Waals surface area contributed by atoms with Gasteiger partial charge in [-0.15, -0.1) is 0 Å².